The Morgan fingerprint density at radius 2 is 2.04 bits per heavy atom. The first-order valence-corrected chi connectivity index (χ1v) is 9.66. The lowest BCUT2D eigenvalue weighted by molar-refractivity contribution is -0.132. The first-order chi connectivity index (χ1) is 13.2. The number of nitrogens with zero attached hydrogens (tertiary/aromatic N) is 4. The van der Waals surface area contributed by atoms with Crippen LogP contribution in [0.25, 0.3) is 10.9 Å². The van der Waals surface area contributed by atoms with Crippen LogP contribution in [0.3, 0.4) is 0 Å². The van der Waals surface area contributed by atoms with Crippen molar-refractivity contribution in [2.75, 3.05) is 26.2 Å². The Morgan fingerprint density at radius 3 is 2.85 bits per heavy atom. The molecule has 4 rings (SSSR count). The number of likely N-dealkylation sites (tertiary alicyclic amines) is 2. The normalized spacial score (nSPS) is 21.3. The topological polar surface area (TPSA) is 69.5 Å². The molecule has 2 aliphatic heterocycles. The van der Waals surface area contributed by atoms with Crippen molar-refractivity contribution >= 4 is 16.8 Å². The number of fused-ring (bicyclic) bond motifs is 1. The number of nitriles is 1. The average Bonchev–Trinajstić information content (AvgIpc) is 3.19. The number of benzene rings is 1. The van der Waals surface area contributed by atoms with Crippen molar-refractivity contribution in [1.82, 2.24) is 14.8 Å². The average molecular weight is 364 g/mol. The maximum atomic E-state index is 12.5. The lowest BCUT2D eigenvalue weighted by Crippen LogP contribution is -2.46. The lowest BCUT2D eigenvalue weighted by Gasteiger charge is -2.33. The maximum absolute atomic E-state index is 12.5. The molecular formula is C21H24N4O2. The van der Waals surface area contributed by atoms with Gasteiger partial charge in [-0.2, -0.15) is 5.26 Å². The molecule has 6 nitrogen and oxygen atoms in total. The van der Waals surface area contributed by atoms with Crippen LogP contribution in [0, 0.1) is 11.3 Å². The molecule has 2 aromatic rings. The molecule has 0 aliphatic carbocycles. The maximum Gasteiger partial charge on any atom is 0.237 e. The van der Waals surface area contributed by atoms with E-state index < -0.39 is 0 Å². The van der Waals surface area contributed by atoms with Gasteiger partial charge in [0.25, 0.3) is 0 Å². The molecule has 2 aliphatic rings. The van der Waals surface area contributed by atoms with Crippen LogP contribution in [0.1, 0.15) is 25.7 Å². The molecule has 0 saturated carbocycles. The third-order valence-electron chi connectivity index (χ3n) is 5.51. The van der Waals surface area contributed by atoms with Crippen LogP contribution in [-0.4, -0.2) is 59.0 Å². The van der Waals surface area contributed by atoms with Gasteiger partial charge in [0.1, 0.15) is 17.9 Å². The number of piperidine rings is 1. The van der Waals surface area contributed by atoms with E-state index in [1.165, 1.54) is 0 Å². The highest BCUT2D eigenvalue weighted by atomic mass is 16.5. The number of aromatic nitrogens is 1. The summed E-state index contributed by atoms with van der Waals surface area (Å²) in [5.41, 5.74) is 0.940. The van der Waals surface area contributed by atoms with Crippen molar-refractivity contribution in [2.24, 2.45) is 0 Å². The number of carbonyl (C=O) groups is 1. The number of carbonyl (C=O) groups excluding carboxylic acids is 1. The summed E-state index contributed by atoms with van der Waals surface area (Å²) in [6.45, 7) is 2.80. The minimum atomic E-state index is -0.238. The molecule has 2 fully saturated rings. The highest BCUT2D eigenvalue weighted by molar-refractivity contribution is 5.84. The van der Waals surface area contributed by atoms with Crippen LogP contribution in [0.4, 0.5) is 0 Å². The fourth-order valence-corrected chi connectivity index (χ4v) is 4.02. The Balaban J connectivity index is 1.31. The van der Waals surface area contributed by atoms with Gasteiger partial charge in [-0.15, -0.1) is 0 Å². The van der Waals surface area contributed by atoms with Gasteiger partial charge in [-0.25, -0.2) is 0 Å². The Hall–Kier alpha value is -2.65. The van der Waals surface area contributed by atoms with E-state index in [0.717, 1.165) is 55.4 Å². The molecule has 3 heterocycles. The summed E-state index contributed by atoms with van der Waals surface area (Å²) >= 11 is 0. The van der Waals surface area contributed by atoms with Gasteiger partial charge < -0.3 is 9.64 Å². The number of hydrogen-bond donors (Lipinski definition) is 0. The van der Waals surface area contributed by atoms with Gasteiger partial charge in [-0.05, 0) is 49.9 Å². The monoisotopic (exact) mass is 364 g/mol. The Morgan fingerprint density at radius 1 is 1.19 bits per heavy atom. The number of amides is 1. The van der Waals surface area contributed by atoms with Gasteiger partial charge in [0.15, 0.2) is 0 Å². The second-order valence-corrected chi connectivity index (χ2v) is 7.29. The van der Waals surface area contributed by atoms with Crippen molar-refractivity contribution in [1.29, 1.82) is 5.26 Å². The molecule has 0 bridgehead atoms. The molecule has 1 atom stereocenters. The van der Waals surface area contributed by atoms with E-state index in [1.807, 2.05) is 30.3 Å². The van der Waals surface area contributed by atoms with Gasteiger partial charge in [-0.3, -0.25) is 14.7 Å². The molecule has 1 amide bonds. The predicted octanol–water partition coefficient (Wildman–Crippen LogP) is 2.59. The first-order valence-electron chi connectivity index (χ1n) is 9.66. The highest BCUT2D eigenvalue weighted by Crippen LogP contribution is 2.27. The molecule has 27 heavy (non-hydrogen) atoms. The summed E-state index contributed by atoms with van der Waals surface area (Å²) in [6, 6.07) is 11.9. The van der Waals surface area contributed by atoms with Crippen LogP contribution < -0.4 is 4.74 Å². The third kappa shape index (κ3) is 3.88. The fourth-order valence-electron chi connectivity index (χ4n) is 4.02. The molecule has 0 radical (unpaired) electrons. The smallest absolute Gasteiger partial charge is 0.237 e. The summed E-state index contributed by atoms with van der Waals surface area (Å²) in [7, 11) is 0. The number of ether oxygens (including phenoxy) is 1. The van der Waals surface area contributed by atoms with Gasteiger partial charge >= 0.3 is 0 Å². The van der Waals surface area contributed by atoms with Crippen LogP contribution in [0.5, 0.6) is 5.75 Å². The Labute approximate surface area is 159 Å². The molecule has 0 N–H and O–H groups in total. The summed E-state index contributed by atoms with van der Waals surface area (Å²) < 4.78 is 6.25. The van der Waals surface area contributed by atoms with E-state index in [4.69, 9.17) is 10.00 Å². The summed E-state index contributed by atoms with van der Waals surface area (Å²) in [4.78, 5) is 20.8. The van der Waals surface area contributed by atoms with Gasteiger partial charge in [0.05, 0.1) is 18.1 Å². The molecular weight excluding hydrogens is 340 g/mol. The molecule has 2 saturated heterocycles. The molecule has 140 valence electrons. The molecule has 6 heteroatoms. The van der Waals surface area contributed by atoms with Crippen LogP contribution in [0.15, 0.2) is 36.5 Å². The van der Waals surface area contributed by atoms with Crippen molar-refractivity contribution in [3.63, 3.8) is 0 Å². The Bertz CT molecular complexity index is 849. The van der Waals surface area contributed by atoms with Gasteiger partial charge in [-0.1, -0.05) is 6.07 Å². The summed E-state index contributed by atoms with van der Waals surface area (Å²) in [5, 5.41) is 10.2. The van der Waals surface area contributed by atoms with Crippen molar-refractivity contribution in [2.45, 2.75) is 37.8 Å². The molecule has 1 unspecified atom stereocenters. The summed E-state index contributed by atoms with van der Waals surface area (Å²) in [5.74, 6) is 0.961. The fraction of sp³-hybridized carbons (Fsp3) is 0.476. The number of pyridine rings is 1. The second-order valence-electron chi connectivity index (χ2n) is 7.29. The minimum Gasteiger partial charge on any atom is -0.490 e. The number of rotatable bonds is 4. The zero-order valence-electron chi connectivity index (χ0n) is 15.4. The van der Waals surface area contributed by atoms with E-state index in [0.29, 0.717) is 13.1 Å². The van der Waals surface area contributed by atoms with E-state index in [1.54, 1.807) is 11.1 Å². The van der Waals surface area contributed by atoms with Crippen LogP contribution in [-0.2, 0) is 4.79 Å². The van der Waals surface area contributed by atoms with Gasteiger partial charge in [0, 0.05) is 31.2 Å². The Kier molecular flexibility index (Phi) is 5.21. The van der Waals surface area contributed by atoms with Crippen LogP contribution >= 0.6 is 0 Å². The molecule has 1 aromatic heterocycles. The van der Waals surface area contributed by atoms with Crippen molar-refractivity contribution in [3.05, 3.63) is 36.5 Å². The highest BCUT2D eigenvalue weighted by Gasteiger charge is 2.30. The van der Waals surface area contributed by atoms with Crippen molar-refractivity contribution in [3.8, 4) is 11.8 Å². The van der Waals surface area contributed by atoms with Crippen LogP contribution in [0.2, 0.25) is 0 Å². The van der Waals surface area contributed by atoms with E-state index in [9.17, 15) is 4.79 Å². The number of hydrogen-bond acceptors (Lipinski definition) is 5. The molecule has 0 spiro atoms. The largest absolute Gasteiger partial charge is 0.490 e. The van der Waals surface area contributed by atoms with Crippen molar-refractivity contribution < 1.29 is 9.53 Å². The quantitative estimate of drug-likeness (QED) is 0.834. The third-order valence-corrected chi connectivity index (χ3v) is 5.51. The summed E-state index contributed by atoms with van der Waals surface area (Å²) in [6.07, 6.45) is 5.47. The predicted molar refractivity (Wildman–Crippen MR) is 102 cm³/mol. The first kappa shape index (κ1) is 17.7. The SMILES string of the molecule is N#CC1CCCN1C(=O)CN1CCC(Oc2cccc3ncccc23)CC1. The van der Waals surface area contributed by atoms with E-state index in [-0.39, 0.29) is 18.1 Å². The zero-order valence-corrected chi connectivity index (χ0v) is 15.4. The zero-order chi connectivity index (χ0) is 18.6. The molecule has 1 aromatic carbocycles. The second kappa shape index (κ2) is 7.93. The minimum absolute atomic E-state index is 0.0820. The van der Waals surface area contributed by atoms with E-state index in [2.05, 4.69) is 16.0 Å². The van der Waals surface area contributed by atoms with Gasteiger partial charge in [0.2, 0.25) is 5.91 Å². The lowest BCUT2D eigenvalue weighted by atomic mass is 10.1. The standard InChI is InChI=1S/C21H24N4O2/c22-14-16-4-3-11-25(16)21(26)15-24-12-8-17(9-13-24)27-20-7-1-6-19-18(20)5-2-10-23-19/h1-2,5-7,10,16-17H,3-4,8-9,11-13,15H2. The van der Waals surface area contributed by atoms with E-state index >= 15 is 0 Å².